The van der Waals surface area contributed by atoms with Crippen LogP contribution in [0.25, 0.3) is 0 Å². The summed E-state index contributed by atoms with van der Waals surface area (Å²) < 4.78 is 4.70. The van der Waals surface area contributed by atoms with Gasteiger partial charge in [-0.05, 0) is 0 Å². The third-order valence-corrected chi connectivity index (χ3v) is 1.95. The van der Waals surface area contributed by atoms with Gasteiger partial charge in [0.15, 0.2) is 6.29 Å². The quantitative estimate of drug-likeness (QED) is 0.288. The molecule has 0 radical (unpaired) electrons. The Bertz CT molecular complexity index is 150. The first-order valence-electron chi connectivity index (χ1n) is 3.64. The Labute approximate surface area is 69.2 Å². The minimum absolute atomic E-state index is 0.470. The Morgan fingerprint density at radius 2 is 1.75 bits per heavy atom. The summed E-state index contributed by atoms with van der Waals surface area (Å²) in [5, 5.41) is 36.1. The molecule has 6 N–H and O–H groups in total. The summed E-state index contributed by atoms with van der Waals surface area (Å²) in [7, 11) is 0. The van der Waals surface area contributed by atoms with Gasteiger partial charge in [0.25, 0.3) is 0 Å². The van der Waals surface area contributed by atoms with Crippen molar-refractivity contribution in [1.29, 1.82) is 0 Å². The van der Waals surface area contributed by atoms with E-state index in [1.54, 1.807) is 0 Å². The fourth-order valence-corrected chi connectivity index (χ4v) is 1.12. The standard InChI is InChI=1S/C6H13NO5/c7-3-5(10)4(9)2(1-8)12-6(3)11/h2-6,8-11H,1,7H2/t2?,3-,4-,5+,6?/m0/s1. The summed E-state index contributed by atoms with van der Waals surface area (Å²) in [5.41, 5.74) is 5.26. The van der Waals surface area contributed by atoms with Crippen molar-refractivity contribution in [3.8, 4) is 0 Å². The van der Waals surface area contributed by atoms with Crippen LogP contribution in [0.15, 0.2) is 0 Å². The Hall–Kier alpha value is -0.240. The third kappa shape index (κ3) is 1.58. The van der Waals surface area contributed by atoms with Gasteiger partial charge in [0, 0.05) is 0 Å². The van der Waals surface area contributed by atoms with E-state index in [2.05, 4.69) is 0 Å². The molecular formula is C6H13NO5. The molecule has 0 aromatic carbocycles. The lowest BCUT2D eigenvalue weighted by molar-refractivity contribution is -0.248. The van der Waals surface area contributed by atoms with Crippen LogP contribution < -0.4 is 5.73 Å². The molecule has 1 aliphatic rings. The second-order valence-corrected chi connectivity index (χ2v) is 2.81. The van der Waals surface area contributed by atoms with Gasteiger partial charge in [-0.15, -0.1) is 0 Å². The Morgan fingerprint density at radius 1 is 1.17 bits per heavy atom. The van der Waals surface area contributed by atoms with Crippen LogP contribution in [0.4, 0.5) is 0 Å². The zero-order chi connectivity index (χ0) is 9.30. The number of aliphatic hydroxyl groups excluding tert-OH is 4. The van der Waals surface area contributed by atoms with Crippen LogP contribution in [-0.4, -0.2) is 57.7 Å². The maximum atomic E-state index is 9.20. The van der Waals surface area contributed by atoms with Crippen LogP contribution in [0.1, 0.15) is 0 Å². The highest BCUT2D eigenvalue weighted by Crippen LogP contribution is 2.17. The first kappa shape index (κ1) is 9.85. The summed E-state index contributed by atoms with van der Waals surface area (Å²) in [4.78, 5) is 0. The lowest BCUT2D eigenvalue weighted by Gasteiger charge is -2.38. The zero-order valence-electron chi connectivity index (χ0n) is 6.37. The van der Waals surface area contributed by atoms with Crippen molar-refractivity contribution in [1.82, 2.24) is 0 Å². The van der Waals surface area contributed by atoms with Crippen LogP contribution in [0.3, 0.4) is 0 Å². The molecule has 6 heteroatoms. The highest BCUT2D eigenvalue weighted by molar-refractivity contribution is 4.90. The maximum absolute atomic E-state index is 9.20. The van der Waals surface area contributed by atoms with E-state index >= 15 is 0 Å². The molecule has 6 nitrogen and oxygen atoms in total. The van der Waals surface area contributed by atoms with E-state index in [0.717, 1.165) is 0 Å². The molecule has 0 aromatic rings. The van der Waals surface area contributed by atoms with Gasteiger partial charge in [-0.25, -0.2) is 0 Å². The molecule has 0 aromatic heterocycles. The molecule has 0 spiro atoms. The van der Waals surface area contributed by atoms with Gasteiger partial charge in [0.1, 0.15) is 18.3 Å². The van der Waals surface area contributed by atoms with Crippen molar-refractivity contribution in [3.63, 3.8) is 0 Å². The molecule has 1 heterocycles. The van der Waals surface area contributed by atoms with E-state index in [4.69, 9.17) is 20.7 Å². The fraction of sp³-hybridized carbons (Fsp3) is 1.00. The molecular weight excluding hydrogens is 166 g/mol. The Kier molecular flexibility index (Phi) is 2.99. The van der Waals surface area contributed by atoms with Crippen LogP contribution >= 0.6 is 0 Å². The SMILES string of the molecule is N[C@@H]1C(O)OC(CO)[C@H](O)[C@@H]1O. The first-order chi connectivity index (χ1) is 5.57. The minimum atomic E-state index is -1.35. The zero-order valence-corrected chi connectivity index (χ0v) is 6.37. The van der Waals surface area contributed by atoms with Crippen molar-refractivity contribution >= 4 is 0 Å². The van der Waals surface area contributed by atoms with Gasteiger partial charge >= 0.3 is 0 Å². The van der Waals surface area contributed by atoms with E-state index in [0.29, 0.717) is 0 Å². The van der Waals surface area contributed by atoms with Crippen molar-refractivity contribution in [2.24, 2.45) is 5.73 Å². The molecule has 5 atom stereocenters. The number of rotatable bonds is 1. The fourth-order valence-electron chi connectivity index (χ4n) is 1.12. The van der Waals surface area contributed by atoms with E-state index < -0.39 is 37.3 Å². The average Bonchev–Trinajstić information content (AvgIpc) is 2.08. The lowest BCUT2D eigenvalue weighted by Crippen LogP contribution is -2.61. The summed E-state index contributed by atoms with van der Waals surface area (Å²) >= 11 is 0. The van der Waals surface area contributed by atoms with Crippen molar-refractivity contribution in [2.75, 3.05) is 6.61 Å². The highest BCUT2D eigenvalue weighted by Gasteiger charge is 2.41. The van der Waals surface area contributed by atoms with Gasteiger partial charge in [0.05, 0.1) is 12.6 Å². The molecule has 0 saturated carbocycles. The van der Waals surface area contributed by atoms with Crippen molar-refractivity contribution in [3.05, 3.63) is 0 Å². The van der Waals surface area contributed by atoms with Gasteiger partial charge in [-0.1, -0.05) is 0 Å². The Morgan fingerprint density at radius 3 is 2.25 bits per heavy atom. The minimum Gasteiger partial charge on any atom is -0.394 e. The topological polar surface area (TPSA) is 116 Å². The van der Waals surface area contributed by atoms with Gasteiger partial charge in [-0.2, -0.15) is 0 Å². The number of aliphatic hydroxyl groups is 4. The molecule has 72 valence electrons. The molecule has 12 heavy (non-hydrogen) atoms. The molecule has 2 unspecified atom stereocenters. The lowest BCUT2D eigenvalue weighted by atomic mass is 9.98. The van der Waals surface area contributed by atoms with Crippen molar-refractivity contribution in [2.45, 2.75) is 30.6 Å². The molecule has 0 aliphatic carbocycles. The number of hydrogen-bond donors (Lipinski definition) is 5. The predicted molar refractivity (Wildman–Crippen MR) is 38.0 cm³/mol. The van der Waals surface area contributed by atoms with E-state index in [1.807, 2.05) is 0 Å². The third-order valence-electron chi connectivity index (χ3n) is 1.95. The van der Waals surface area contributed by atoms with Gasteiger partial charge in [0.2, 0.25) is 0 Å². The normalized spacial score (nSPS) is 49.2. The van der Waals surface area contributed by atoms with Crippen molar-refractivity contribution < 1.29 is 25.2 Å². The number of nitrogens with two attached hydrogens (primary N) is 1. The molecule has 1 fully saturated rings. The molecule has 0 amide bonds. The number of hydrogen-bond acceptors (Lipinski definition) is 6. The summed E-state index contributed by atoms with van der Waals surface area (Å²) in [6, 6.07) is -1.04. The van der Waals surface area contributed by atoms with E-state index in [9.17, 15) is 10.2 Å². The van der Waals surface area contributed by atoms with Crippen LogP contribution in [0.2, 0.25) is 0 Å². The van der Waals surface area contributed by atoms with E-state index in [-0.39, 0.29) is 0 Å². The smallest absolute Gasteiger partial charge is 0.173 e. The van der Waals surface area contributed by atoms with Crippen LogP contribution in [0, 0.1) is 0 Å². The molecule has 1 saturated heterocycles. The number of ether oxygens (including phenoxy) is 1. The average molecular weight is 179 g/mol. The largest absolute Gasteiger partial charge is 0.394 e. The molecule has 1 rings (SSSR count). The second-order valence-electron chi connectivity index (χ2n) is 2.81. The second kappa shape index (κ2) is 3.65. The molecule has 0 bridgehead atoms. The monoisotopic (exact) mass is 179 g/mol. The summed E-state index contributed by atoms with van der Waals surface area (Å²) in [6.45, 7) is -0.470. The van der Waals surface area contributed by atoms with Gasteiger partial charge < -0.3 is 30.9 Å². The van der Waals surface area contributed by atoms with E-state index in [1.165, 1.54) is 0 Å². The van der Waals surface area contributed by atoms with Gasteiger partial charge in [-0.3, -0.25) is 0 Å². The molecule has 1 aliphatic heterocycles. The van der Waals surface area contributed by atoms with Crippen LogP contribution in [0.5, 0.6) is 0 Å². The van der Waals surface area contributed by atoms with Crippen LogP contribution in [-0.2, 0) is 4.74 Å². The maximum Gasteiger partial charge on any atom is 0.173 e. The predicted octanol–water partition coefficient (Wildman–Crippen LogP) is -3.25. The first-order valence-corrected chi connectivity index (χ1v) is 3.64. The Balaban J connectivity index is 2.63. The highest BCUT2D eigenvalue weighted by atomic mass is 16.6. The summed E-state index contributed by atoms with van der Waals surface area (Å²) in [5.74, 6) is 0. The summed E-state index contributed by atoms with van der Waals surface area (Å²) in [6.07, 6.45) is -4.85.